The average molecular weight is 323 g/mol. The van der Waals surface area contributed by atoms with Gasteiger partial charge in [-0.3, -0.25) is 14.5 Å². The van der Waals surface area contributed by atoms with Gasteiger partial charge in [-0.15, -0.1) is 13.2 Å². The monoisotopic (exact) mass is 323 g/mol. The molecule has 1 saturated carbocycles. The number of fused-ring (bicyclic) bond motifs is 5. The highest BCUT2D eigenvalue weighted by Crippen LogP contribution is 2.53. The van der Waals surface area contributed by atoms with E-state index in [-0.39, 0.29) is 46.9 Å². The summed E-state index contributed by atoms with van der Waals surface area (Å²) in [5.41, 5.74) is 0.281. The van der Waals surface area contributed by atoms with Gasteiger partial charge >= 0.3 is 6.36 Å². The minimum absolute atomic E-state index is 0.0966. The Morgan fingerprint density at radius 2 is 1.48 bits per heavy atom. The number of carbonyl (C=O) groups excluding carboxylic acids is 2. The molecule has 1 aromatic rings. The van der Waals surface area contributed by atoms with Gasteiger partial charge in [-0.2, -0.15) is 0 Å². The summed E-state index contributed by atoms with van der Waals surface area (Å²) in [7, 11) is 0. The number of benzene rings is 1. The molecule has 2 aliphatic carbocycles. The second-order valence-corrected chi connectivity index (χ2v) is 6.05. The van der Waals surface area contributed by atoms with Gasteiger partial charge < -0.3 is 4.74 Å². The van der Waals surface area contributed by atoms with E-state index in [1.807, 2.05) is 12.2 Å². The minimum Gasteiger partial charge on any atom is -0.406 e. The fraction of sp³-hybridized carbons (Fsp3) is 0.375. The van der Waals surface area contributed by atoms with E-state index in [2.05, 4.69) is 4.74 Å². The van der Waals surface area contributed by atoms with Crippen LogP contribution in [-0.2, 0) is 9.59 Å². The van der Waals surface area contributed by atoms with Crippen molar-refractivity contribution in [2.75, 3.05) is 4.90 Å². The van der Waals surface area contributed by atoms with Crippen molar-refractivity contribution in [2.24, 2.45) is 23.7 Å². The molecule has 4 rings (SSSR count). The van der Waals surface area contributed by atoms with E-state index in [4.69, 9.17) is 0 Å². The van der Waals surface area contributed by atoms with Gasteiger partial charge in [0.15, 0.2) is 0 Å². The number of alkyl halides is 3. The van der Waals surface area contributed by atoms with Gasteiger partial charge in [0.2, 0.25) is 11.8 Å². The van der Waals surface area contributed by atoms with Crippen LogP contribution in [0.4, 0.5) is 18.9 Å². The number of amides is 2. The second kappa shape index (κ2) is 4.59. The average Bonchev–Trinajstić information content (AvgIpc) is 3.13. The Kier molecular flexibility index (Phi) is 2.86. The number of halogens is 3. The predicted molar refractivity (Wildman–Crippen MR) is 73.3 cm³/mol. The quantitative estimate of drug-likeness (QED) is 0.621. The number of hydrogen-bond acceptors (Lipinski definition) is 3. The van der Waals surface area contributed by atoms with Crippen LogP contribution in [0.3, 0.4) is 0 Å². The van der Waals surface area contributed by atoms with Crippen LogP contribution in [0.5, 0.6) is 5.75 Å². The molecule has 4 atom stereocenters. The van der Waals surface area contributed by atoms with Crippen molar-refractivity contribution in [3.05, 3.63) is 36.4 Å². The summed E-state index contributed by atoms with van der Waals surface area (Å²) in [6, 6.07) is 4.80. The Balaban J connectivity index is 1.59. The molecule has 23 heavy (non-hydrogen) atoms. The van der Waals surface area contributed by atoms with Gasteiger partial charge in [0.1, 0.15) is 5.75 Å². The molecule has 1 saturated heterocycles. The van der Waals surface area contributed by atoms with Crippen molar-refractivity contribution in [1.29, 1.82) is 0 Å². The molecule has 2 fully saturated rings. The molecule has 2 amide bonds. The molecule has 0 radical (unpaired) electrons. The van der Waals surface area contributed by atoms with Crippen molar-refractivity contribution in [1.82, 2.24) is 0 Å². The topological polar surface area (TPSA) is 46.6 Å². The Labute approximate surface area is 129 Å². The van der Waals surface area contributed by atoms with Crippen LogP contribution in [0.25, 0.3) is 0 Å². The zero-order valence-electron chi connectivity index (χ0n) is 11.8. The highest BCUT2D eigenvalue weighted by molar-refractivity contribution is 6.22. The van der Waals surface area contributed by atoms with Crippen molar-refractivity contribution in [2.45, 2.75) is 12.8 Å². The molecule has 7 heteroatoms. The molecule has 1 heterocycles. The first-order chi connectivity index (χ1) is 10.8. The standard InChI is InChI=1S/C16H12F3NO3/c17-16(18,19)23-11-5-3-10(4-6-11)20-14(21)12-8-1-2-9(7-8)13(12)15(20)22/h1-6,8-9,12-13H,7H2/t8-,9+,12-,13+. The minimum atomic E-state index is -4.78. The van der Waals surface area contributed by atoms with Crippen molar-refractivity contribution < 1.29 is 27.5 Å². The van der Waals surface area contributed by atoms with E-state index in [1.165, 1.54) is 12.1 Å². The summed E-state index contributed by atoms with van der Waals surface area (Å²) < 4.78 is 40.3. The number of ether oxygens (including phenoxy) is 1. The number of hydrogen-bond donors (Lipinski definition) is 0. The summed E-state index contributed by atoms with van der Waals surface area (Å²) in [6.07, 6.45) is 0.0310. The van der Waals surface area contributed by atoms with Crippen molar-refractivity contribution >= 4 is 17.5 Å². The van der Waals surface area contributed by atoms with Gasteiger partial charge in [0.05, 0.1) is 17.5 Å². The molecule has 120 valence electrons. The Bertz CT molecular complexity index is 680. The number of nitrogens with zero attached hydrogens (tertiary/aromatic N) is 1. The fourth-order valence-corrected chi connectivity index (χ4v) is 3.95. The van der Waals surface area contributed by atoms with Crippen LogP contribution in [0.1, 0.15) is 6.42 Å². The summed E-state index contributed by atoms with van der Waals surface area (Å²) in [6.45, 7) is 0. The van der Waals surface area contributed by atoms with Gasteiger partial charge in [-0.05, 0) is 42.5 Å². The van der Waals surface area contributed by atoms with Gasteiger partial charge in [-0.1, -0.05) is 12.2 Å². The molecule has 1 aliphatic heterocycles. The summed E-state index contributed by atoms with van der Waals surface area (Å²) in [5.74, 6) is -1.38. The number of rotatable bonds is 2. The predicted octanol–water partition coefficient (Wildman–Crippen LogP) is 2.90. The van der Waals surface area contributed by atoms with E-state index < -0.39 is 6.36 Å². The van der Waals surface area contributed by atoms with Crippen LogP contribution >= 0.6 is 0 Å². The third-order valence-electron chi connectivity index (χ3n) is 4.80. The van der Waals surface area contributed by atoms with E-state index >= 15 is 0 Å². The number of imide groups is 1. The lowest BCUT2D eigenvalue weighted by Gasteiger charge is -2.18. The van der Waals surface area contributed by atoms with E-state index in [1.54, 1.807) is 0 Å². The maximum atomic E-state index is 12.6. The first-order valence-electron chi connectivity index (χ1n) is 7.27. The van der Waals surface area contributed by atoms with Crippen molar-refractivity contribution in [3.8, 4) is 5.75 Å². The largest absolute Gasteiger partial charge is 0.573 e. The number of allylic oxidation sites excluding steroid dienone is 2. The molecule has 0 N–H and O–H groups in total. The molecule has 3 aliphatic rings. The Morgan fingerprint density at radius 1 is 0.957 bits per heavy atom. The van der Waals surface area contributed by atoms with E-state index in [0.717, 1.165) is 23.5 Å². The smallest absolute Gasteiger partial charge is 0.406 e. The SMILES string of the molecule is O=C1[C@@H]2[C@H](C(=O)N1c1ccc(OC(F)(F)F)cc1)[C@@H]1C=C[C@H]2C1. The lowest BCUT2D eigenvalue weighted by molar-refractivity contribution is -0.274. The number of carbonyl (C=O) groups is 2. The van der Waals surface area contributed by atoms with E-state index in [9.17, 15) is 22.8 Å². The molecule has 0 aromatic heterocycles. The third kappa shape index (κ3) is 2.14. The number of anilines is 1. The molecular formula is C16H12F3NO3. The molecule has 1 aromatic carbocycles. The zero-order chi connectivity index (χ0) is 16.4. The maximum Gasteiger partial charge on any atom is 0.573 e. The van der Waals surface area contributed by atoms with Crippen LogP contribution in [0.15, 0.2) is 36.4 Å². The zero-order valence-corrected chi connectivity index (χ0v) is 11.8. The molecule has 4 nitrogen and oxygen atoms in total. The molecule has 2 bridgehead atoms. The first-order valence-corrected chi connectivity index (χ1v) is 7.27. The summed E-state index contributed by atoms with van der Waals surface area (Å²) in [5, 5.41) is 0. The lowest BCUT2D eigenvalue weighted by atomic mass is 9.85. The first kappa shape index (κ1) is 14.3. The van der Waals surface area contributed by atoms with Gasteiger partial charge in [0.25, 0.3) is 0 Å². The van der Waals surface area contributed by atoms with Gasteiger partial charge in [0, 0.05) is 0 Å². The van der Waals surface area contributed by atoms with E-state index in [0.29, 0.717) is 0 Å². The van der Waals surface area contributed by atoms with Crippen LogP contribution in [0.2, 0.25) is 0 Å². The fourth-order valence-electron chi connectivity index (χ4n) is 3.95. The highest BCUT2D eigenvalue weighted by Gasteiger charge is 2.59. The third-order valence-corrected chi connectivity index (χ3v) is 4.80. The Morgan fingerprint density at radius 3 is 1.96 bits per heavy atom. The van der Waals surface area contributed by atoms with Crippen LogP contribution in [-0.4, -0.2) is 18.2 Å². The lowest BCUT2D eigenvalue weighted by Crippen LogP contribution is -2.32. The normalized spacial score (nSPS) is 31.9. The molecular weight excluding hydrogens is 311 g/mol. The van der Waals surface area contributed by atoms with Crippen LogP contribution in [0, 0.1) is 23.7 Å². The Hall–Kier alpha value is -2.31. The summed E-state index contributed by atoms with van der Waals surface area (Å²) >= 11 is 0. The molecule has 0 spiro atoms. The maximum absolute atomic E-state index is 12.6. The summed E-state index contributed by atoms with van der Waals surface area (Å²) in [4.78, 5) is 26.2. The van der Waals surface area contributed by atoms with Gasteiger partial charge in [-0.25, -0.2) is 0 Å². The highest BCUT2D eigenvalue weighted by atomic mass is 19.4. The second-order valence-electron chi connectivity index (χ2n) is 6.05. The van der Waals surface area contributed by atoms with Crippen molar-refractivity contribution in [3.63, 3.8) is 0 Å². The molecule has 0 unspecified atom stereocenters. The van der Waals surface area contributed by atoms with Crippen LogP contribution < -0.4 is 9.64 Å².